The molecule has 158 valence electrons. The molecule has 1 fully saturated rings. The Morgan fingerprint density at radius 2 is 1.77 bits per heavy atom. The maximum absolute atomic E-state index is 12.9. The van der Waals surface area contributed by atoms with Gasteiger partial charge in [0, 0.05) is 13.1 Å². The van der Waals surface area contributed by atoms with Gasteiger partial charge in [-0.1, -0.05) is 12.1 Å². The minimum atomic E-state index is -4.33. The van der Waals surface area contributed by atoms with Crippen molar-refractivity contribution < 1.29 is 26.7 Å². The van der Waals surface area contributed by atoms with Gasteiger partial charge in [0.1, 0.15) is 11.6 Å². The molecule has 1 saturated heterocycles. The van der Waals surface area contributed by atoms with Crippen molar-refractivity contribution in [2.24, 2.45) is 0 Å². The molecule has 1 aromatic heterocycles. The van der Waals surface area contributed by atoms with Crippen LogP contribution in [0, 0.1) is 5.82 Å². The number of alkyl halides is 3. The molecular formula is C21H19F4N3O2. The van der Waals surface area contributed by atoms with E-state index in [1.54, 1.807) is 0 Å². The molecule has 0 bridgehead atoms. The van der Waals surface area contributed by atoms with Crippen molar-refractivity contribution in [1.29, 1.82) is 0 Å². The molecule has 0 spiro atoms. The quantitative estimate of drug-likeness (QED) is 0.536. The smallest absolute Gasteiger partial charge is 0.416 e. The summed E-state index contributed by atoms with van der Waals surface area (Å²) in [6.45, 7) is 2.11. The van der Waals surface area contributed by atoms with Crippen LogP contribution in [0.5, 0.6) is 5.75 Å². The summed E-state index contributed by atoms with van der Waals surface area (Å²) in [6.07, 6.45) is -3.51. The van der Waals surface area contributed by atoms with Crippen molar-refractivity contribution in [3.63, 3.8) is 0 Å². The van der Waals surface area contributed by atoms with E-state index < -0.39 is 11.7 Å². The summed E-state index contributed by atoms with van der Waals surface area (Å²) < 4.78 is 62.1. The van der Waals surface area contributed by atoms with E-state index in [9.17, 15) is 17.6 Å². The molecule has 0 unspecified atom stereocenters. The number of halogens is 4. The van der Waals surface area contributed by atoms with E-state index in [4.69, 9.17) is 9.15 Å². The van der Waals surface area contributed by atoms with Gasteiger partial charge in [0.2, 0.25) is 5.89 Å². The van der Waals surface area contributed by atoms with Crippen LogP contribution in [0.15, 0.2) is 52.9 Å². The zero-order chi connectivity index (χ0) is 21.1. The second-order valence-corrected chi connectivity index (χ2v) is 7.19. The van der Waals surface area contributed by atoms with Gasteiger partial charge >= 0.3 is 6.18 Å². The maximum atomic E-state index is 12.9. The van der Waals surface area contributed by atoms with Crippen LogP contribution in [0.4, 0.5) is 17.6 Å². The summed E-state index contributed by atoms with van der Waals surface area (Å²) in [6, 6.07) is 10.9. The third-order valence-corrected chi connectivity index (χ3v) is 4.97. The fourth-order valence-electron chi connectivity index (χ4n) is 3.40. The number of hydrogen-bond acceptors (Lipinski definition) is 5. The van der Waals surface area contributed by atoms with Crippen LogP contribution in [0.1, 0.15) is 35.2 Å². The monoisotopic (exact) mass is 421 g/mol. The molecule has 0 saturated carbocycles. The van der Waals surface area contributed by atoms with Crippen molar-refractivity contribution in [1.82, 2.24) is 15.1 Å². The summed E-state index contributed by atoms with van der Waals surface area (Å²) >= 11 is 0. The Bertz CT molecular complexity index is 971. The van der Waals surface area contributed by atoms with Crippen LogP contribution in [-0.4, -0.2) is 28.2 Å². The Balaban J connectivity index is 1.29. The zero-order valence-electron chi connectivity index (χ0n) is 15.9. The highest BCUT2D eigenvalue weighted by atomic mass is 19.4. The molecule has 0 N–H and O–H groups in total. The van der Waals surface area contributed by atoms with Crippen molar-refractivity contribution >= 4 is 0 Å². The lowest BCUT2D eigenvalue weighted by atomic mass is 10.1. The van der Waals surface area contributed by atoms with Gasteiger partial charge in [-0.25, -0.2) is 4.39 Å². The van der Waals surface area contributed by atoms with Gasteiger partial charge in [0.15, 0.2) is 6.61 Å². The first kappa shape index (κ1) is 20.3. The number of rotatable bonds is 6. The predicted molar refractivity (Wildman–Crippen MR) is 99.1 cm³/mol. The fourth-order valence-corrected chi connectivity index (χ4v) is 3.40. The summed E-state index contributed by atoms with van der Waals surface area (Å²) in [7, 11) is 0. The van der Waals surface area contributed by atoms with Crippen LogP contribution in [-0.2, 0) is 19.3 Å². The van der Waals surface area contributed by atoms with E-state index in [0.717, 1.165) is 30.7 Å². The van der Waals surface area contributed by atoms with Gasteiger partial charge in [0.05, 0.1) is 11.5 Å². The lowest BCUT2D eigenvalue weighted by Gasteiger charge is -2.16. The first-order chi connectivity index (χ1) is 14.4. The molecule has 3 aromatic rings. The Hall–Kier alpha value is -2.94. The van der Waals surface area contributed by atoms with Crippen LogP contribution in [0.2, 0.25) is 0 Å². The predicted octanol–water partition coefficient (Wildman–Crippen LogP) is 4.80. The molecular weight excluding hydrogens is 402 g/mol. The Morgan fingerprint density at radius 1 is 1.03 bits per heavy atom. The molecule has 0 amide bonds. The van der Waals surface area contributed by atoms with Gasteiger partial charge in [-0.15, -0.1) is 10.2 Å². The number of hydrogen-bond donors (Lipinski definition) is 0. The fraction of sp³-hybridized carbons (Fsp3) is 0.333. The highest BCUT2D eigenvalue weighted by molar-refractivity contribution is 5.25. The van der Waals surface area contributed by atoms with Crippen molar-refractivity contribution in [2.45, 2.75) is 31.7 Å². The van der Waals surface area contributed by atoms with Crippen LogP contribution >= 0.6 is 0 Å². The minimum absolute atomic E-state index is 0.0616. The lowest BCUT2D eigenvalue weighted by Crippen LogP contribution is -2.20. The van der Waals surface area contributed by atoms with Gasteiger partial charge in [-0.05, 0) is 54.9 Å². The normalized spacial score (nSPS) is 17.4. The molecule has 1 aliphatic rings. The second kappa shape index (κ2) is 8.43. The summed E-state index contributed by atoms with van der Waals surface area (Å²) in [5, 5.41) is 8.09. The topological polar surface area (TPSA) is 51.4 Å². The third kappa shape index (κ3) is 4.96. The van der Waals surface area contributed by atoms with E-state index in [-0.39, 0.29) is 18.3 Å². The van der Waals surface area contributed by atoms with E-state index in [0.29, 0.717) is 30.6 Å². The van der Waals surface area contributed by atoms with E-state index >= 15 is 0 Å². The van der Waals surface area contributed by atoms with Crippen LogP contribution in [0.25, 0.3) is 0 Å². The van der Waals surface area contributed by atoms with Gasteiger partial charge in [0.25, 0.3) is 5.89 Å². The summed E-state index contributed by atoms with van der Waals surface area (Å²) in [4.78, 5) is 2.14. The van der Waals surface area contributed by atoms with Crippen molar-refractivity contribution in [3.05, 3.63) is 77.3 Å². The molecule has 1 atom stereocenters. The van der Waals surface area contributed by atoms with E-state index in [1.165, 1.54) is 36.4 Å². The first-order valence-corrected chi connectivity index (χ1v) is 9.46. The molecule has 1 aliphatic heterocycles. The van der Waals surface area contributed by atoms with Crippen molar-refractivity contribution in [2.75, 3.05) is 13.1 Å². The number of nitrogens with zero attached hydrogens (tertiary/aromatic N) is 3. The number of ether oxygens (including phenoxy) is 1. The first-order valence-electron chi connectivity index (χ1n) is 9.46. The molecule has 2 heterocycles. The van der Waals surface area contributed by atoms with Crippen LogP contribution in [0.3, 0.4) is 0 Å². The molecule has 0 aliphatic carbocycles. The third-order valence-electron chi connectivity index (χ3n) is 4.97. The van der Waals surface area contributed by atoms with Crippen molar-refractivity contribution in [3.8, 4) is 5.75 Å². The highest BCUT2D eigenvalue weighted by Crippen LogP contribution is 2.30. The van der Waals surface area contributed by atoms with Gasteiger partial charge < -0.3 is 9.15 Å². The lowest BCUT2D eigenvalue weighted by molar-refractivity contribution is -0.137. The van der Waals surface area contributed by atoms with Crippen LogP contribution < -0.4 is 4.74 Å². The largest absolute Gasteiger partial charge is 0.484 e. The molecule has 5 nitrogen and oxygen atoms in total. The molecule has 0 radical (unpaired) electrons. The Morgan fingerprint density at radius 3 is 2.47 bits per heavy atom. The van der Waals surface area contributed by atoms with Gasteiger partial charge in [-0.2, -0.15) is 13.2 Å². The summed E-state index contributed by atoms with van der Waals surface area (Å²) in [5.41, 5.74) is 0.175. The van der Waals surface area contributed by atoms with E-state index in [2.05, 4.69) is 15.1 Å². The average molecular weight is 421 g/mol. The number of benzene rings is 2. The SMILES string of the molecule is Fc1ccc(OCc2nnc([C@H]3CCN(Cc4ccc(C(F)(F)F)cc4)C3)o2)cc1. The second-order valence-electron chi connectivity index (χ2n) is 7.19. The maximum Gasteiger partial charge on any atom is 0.416 e. The molecule has 2 aromatic carbocycles. The zero-order valence-corrected chi connectivity index (χ0v) is 15.9. The Kier molecular flexibility index (Phi) is 5.72. The molecule has 30 heavy (non-hydrogen) atoms. The standard InChI is InChI=1S/C21H19F4N3O2/c22-17-5-7-18(8-6-17)29-13-19-26-27-20(30-19)15-9-10-28(12-15)11-14-1-3-16(4-2-14)21(23,24)25/h1-8,15H,9-13H2/t15-/m0/s1. The Labute approximate surface area is 170 Å². The minimum Gasteiger partial charge on any atom is -0.484 e. The van der Waals surface area contributed by atoms with E-state index in [1.807, 2.05) is 0 Å². The highest BCUT2D eigenvalue weighted by Gasteiger charge is 2.31. The molecule has 4 rings (SSSR count). The number of likely N-dealkylation sites (tertiary alicyclic amines) is 1. The summed E-state index contributed by atoms with van der Waals surface area (Å²) in [5.74, 6) is 1.06. The number of aromatic nitrogens is 2. The average Bonchev–Trinajstić information content (AvgIpc) is 3.37. The van der Waals surface area contributed by atoms with Gasteiger partial charge in [-0.3, -0.25) is 4.90 Å². The molecule has 9 heteroatoms.